The highest BCUT2D eigenvalue weighted by molar-refractivity contribution is 5.64. The van der Waals surface area contributed by atoms with Crippen LogP contribution in [0.1, 0.15) is 129 Å². The molecule has 3 nitrogen and oxygen atoms in total. The lowest BCUT2D eigenvalue weighted by Crippen LogP contribution is -2.17. The van der Waals surface area contributed by atoms with Gasteiger partial charge in [0.2, 0.25) is 0 Å². The molecule has 0 aromatic heterocycles. The Morgan fingerprint density at radius 1 is 0.706 bits per heavy atom. The monoisotopic (exact) mass is 461 g/mol. The summed E-state index contributed by atoms with van der Waals surface area (Å²) < 4.78 is 0. The van der Waals surface area contributed by atoms with Gasteiger partial charge in [-0.05, 0) is 63.8 Å². The van der Waals surface area contributed by atoms with E-state index in [4.69, 9.17) is 10.3 Å². The van der Waals surface area contributed by atoms with Crippen molar-refractivity contribution in [3.63, 3.8) is 0 Å². The Bertz CT molecular complexity index is 965. The quantitative estimate of drug-likeness (QED) is 0.284. The van der Waals surface area contributed by atoms with E-state index in [0.717, 1.165) is 11.4 Å². The lowest BCUT2D eigenvalue weighted by Gasteiger charge is -2.28. The van der Waals surface area contributed by atoms with Gasteiger partial charge in [0.05, 0.1) is 11.4 Å². The maximum absolute atomic E-state index is 4.97. The van der Waals surface area contributed by atoms with E-state index in [0.29, 0.717) is 23.7 Å². The largest absolute Gasteiger partial charge is 0.222 e. The van der Waals surface area contributed by atoms with E-state index in [1.165, 1.54) is 27.8 Å². The maximum Gasteiger partial charge on any atom is 0.0943 e. The third-order valence-corrected chi connectivity index (χ3v) is 6.65. The standard InChI is InChI=1S/C31H47N3/c1-20(2)25-15-13-16-26(21(3)4)29(25)32-33-34(19-24(9)31(10,11)12)30-27(22(5)6)17-14-18-28(30)23(7)8/h13-23H,1-12H3/b24-19+,33-32+. The predicted octanol–water partition coefficient (Wildman–Crippen LogP) is 10.6. The number of para-hydroxylation sites is 1. The fourth-order valence-corrected chi connectivity index (χ4v) is 4.01. The van der Waals surface area contributed by atoms with Crippen LogP contribution in [0.2, 0.25) is 0 Å². The molecule has 0 bridgehead atoms. The van der Waals surface area contributed by atoms with Gasteiger partial charge in [-0.25, -0.2) is 5.01 Å². The summed E-state index contributed by atoms with van der Waals surface area (Å²) in [6, 6.07) is 13.2. The van der Waals surface area contributed by atoms with Gasteiger partial charge in [-0.1, -0.05) is 118 Å². The number of rotatable bonds is 8. The Morgan fingerprint density at radius 3 is 1.44 bits per heavy atom. The summed E-state index contributed by atoms with van der Waals surface area (Å²) in [5.41, 5.74) is 8.55. The van der Waals surface area contributed by atoms with Crippen molar-refractivity contribution in [3.05, 3.63) is 70.4 Å². The molecule has 0 amide bonds. The number of hydrogen-bond donors (Lipinski definition) is 0. The fourth-order valence-electron chi connectivity index (χ4n) is 4.01. The van der Waals surface area contributed by atoms with Crippen LogP contribution in [0.25, 0.3) is 0 Å². The van der Waals surface area contributed by atoms with Crippen molar-refractivity contribution in [2.45, 2.75) is 107 Å². The van der Waals surface area contributed by atoms with E-state index in [1.54, 1.807) is 0 Å². The van der Waals surface area contributed by atoms with Gasteiger partial charge >= 0.3 is 0 Å². The van der Waals surface area contributed by atoms with Gasteiger partial charge in [0.15, 0.2) is 0 Å². The van der Waals surface area contributed by atoms with Crippen LogP contribution in [0.4, 0.5) is 11.4 Å². The smallest absolute Gasteiger partial charge is 0.0943 e. The molecule has 2 aromatic carbocycles. The minimum atomic E-state index is 0.0392. The van der Waals surface area contributed by atoms with Crippen molar-refractivity contribution in [2.24, 2.45) is 15.8 Å². The number of nitrogens with zero attached hydrogens (tertiary/aromatic N) is 3. The van der Waals surface area contributed by atoms with Gasteiger partial charge in [-0.15, -0.1) is 5.11 Å². The van der Waals surface area contributed by atoms with Crippen molar-refractivity contribution in [3.8, 4) is 0 Å². The summed E-state index contributed by atoms with van der Waals surface area (Å²) >= 11 is 0. The SMILES string of the molecule is C/C(=C\N(/N=N/c1c(C(C)C)cccc1C(C)C)c1c(C(C)C)cccc1C(C)C)C(C)(C)C. The van der Waals surface area contributed by atoms with Crippen molar-refractivity contribution in [2.75, 3.05) is 5.01 Å². The highest BCUT2D eigenvalue weighted by Crippen LogP contribution is 2.39. The maximum atomic E-state index is 4.97. The third kappa shape index (κ3) is 6.58. The molecule has 0 atom stereocenters. The Hall–Kier alpha value is -2.42. The van der Waals surface area contributed by atoms with Crippen LogP contribution in [0.15, 0.2) is 58.5 Å². The summed E-state index contributed by atoms with van der Waals surface area (Å²) in [7, 11) is 0. The Balaban J connectivity index is 2.83. The van der Waals surface area contributed by atoms with Crippen LogP contribution in [0.5, 0.6) is 0 Å². The zero-order chi connectivity index (χ0) is 25.8. The van der Waals surface area contributed by atoms with Crippen LogP contribution in [-0.4, -0.2) is 0 Å². The second-order valence-electron chi connectivity index (χ2n) is 11.8. The molecule has 0 aliphatic carbocycles. The minimum absolute atomic E-state index is 0.0392. The first kappa shape index (κ1) is 27.8. The van der Waals surface area contributed by atoms with E-state index in [2.05, 4.69) is 126 Å². The second-order valence-corrected chi connectivity index (χ2v) is 11.8. The van der Waals surface area contributed by atoms with Crippen LogP contribution in [-0.2, 0) is 0 Å². The van der Waals surface area contributed by atoms with E-state index in [-0.39, 0.29) is 5.41 Å². The summed E-state index contributed by atoms with van der Waals surface area (Å²) in [4.78, 5) is 0. The number of hydrogen-bond acceptors (Lipinski definition) is 2. The zero-order valence-electron chi connectivity index (χ0n) is 23.7. The Kier molecular flexibility index (Phi) is 9.28. The van der Waals surface area contributed by atoms with Crippen LogP contribution in [0, 0.1) is 5.41 Å². The van der Waals surface area contributed by atoms with Gasteiger partial charge < -0.3 is 0 Å². The molecule has 0 spiro atoms. The molecule has 3 heteroatoms. The zero-order valence-corrected chi connectivity index (χ0v) is 23.7. The molecular weight excluding hydrogens is 414 g/mol. The van der Waals surface area contributed by atoms with Crippen molar-refractivity contribution in [1.82, 2.24) is 0 Å². The normalized spacial score (nSPS) is 13.2. The first-order chi connectivity index (χ1) is 15.8. The van der Waals surface area contributed by atoms with Crippen LogP contribution in [0.3, 0.4) is 0 Å². The fraction of sp³-hybridized carbons (Fsp3) is 0.548. The molecule has 0 saturated carbocycles. The number of anilines is 1. The molecule has 0 N–H and O–H groups in total. The second kappa shape index (κ2) is 11.3. The first-order valence-corrected chi connectivity index (χ1v) is 12.9. The number of allylic oxidation sites excluding steroid dienone is 1. The van der Waals surface area contributed by atoms with Crippen molar-refractivity contribution < 1.29 is 0 Å². The molecule has 34 heavy (non-hydrogen) atoms. The molecule has 0 aliphatic heterocycles. The predicted molar refractivity (Wildman–Crippen MR) is 149 cm³/mol. The van der Waals surface area contributed by atoms with E-state index in [9.17, 15) is 0 Å². The van der Waals surface area contributed by atoms with E-state index < -0.39 is 0 Å². The number of benzene rings is 2. The third-order valence-electron chi connectivity index (χ3n) is 6.65. The van der Waals surface area contributed by atoms with Crippen molar-refractivity contribution >= 4 is 11.4 Å². The summed E-state index contributed by atoms with van der Waals surface area (Å²) in [6.45, 7) is 26.9. The summed E-state index contributed by atoms with van der Waals surface area (Å²) in [5.74, 6) is 1.51. The highest BCUT2D eigenvalue weighted by atomic mass is 15.5. The lowest BCUT2D eigenvalue weighted by atomic mass is 9.88. The topological polar surface area (TPSA) is 28.0 Å². The summed E-state index contributed by atoms with van der Waals surface area (Å²) in [6.07, 6.45) is 2.18. The van der Waals surface area contributed by atoms with Gasteiger partial charge in [-0.3, -0.25) is 0 Å². The molecule has 0 aliphatic rings. The Morgan fingerprint density at radius 2 is 1.09 bits per heavy atom. The van der Waals surface area contributed by atoms with Gasteiger partial charge in [0.1, 0.15) is 0 Å². The molecule has 2 rings (SSSR count). The molecule has 2 aromatic rings. The lowest BCUT2D eigenvalue weighted by molar-refractivity contribution is 0.501. The van der Waals surface area contributed by atoms with Crippen LogP contribution < -0.4 is 5.01 Å². The summed E-state index contributed by atoms with van der Waals surface area (Å²) in [5, 5.41) is 12.0. The molecule has 0 fully saturated rings. The molecule has 0 saturated heterocycles. The molecule has 186 valence electrons. The van der Waals surface area contributed by atoms with Gasteiger partial charge in [0, 0.05) is 6.20 Å². The first-order valence-electron chi connectivity index (χ1n) is 12.9. The molecule has 0 heterocycles. The molecule has 0 unspecified atom stereocenters. The average Bonchev–Trinajstić information content (AvgIpc) is 2.74. The van der Waals surface area contributed by atoms with E-state index >= 15 is 0 Å². The Labute approximate surface area is 209 Å². The average molecular weight is 462 g/mol. The molecular formula is C31H47N3. The van der Waals surface area contributed by atoms with Gasteiger partial charge in [-0.2, -0.15) is 0 Å². The van der Waals surface area contributed by atoms with E-state index in [1.807, 2.05) is 5.01 Å². The minimum Gasteiger partial charge on any atom is -0.222 e. The van der Waals surface area contributed by atoms with Gasteiger partial charge in [0.25, 0.3) is 0 Å². The molecule has 0 radical (unpaired) electrons. The van der Waals surface area contributed by atoms with Crippen LogP contribution >= 0.6 is 0 Å². The van der Waals surface area contributed by atoms with Crippen molar-refractivity contribution in [1.29, 1.82) is 0 Å². The highest BCUT2D eigenvalue weighted by Gasteiger charge is 2.22.